The van der Waals surface area contributed by atoms with Crippen LogP contribution in [0.5, 0.6) is 0 Å². The van der Waals surface area contributed by atoms with Crippen LogP contribution in [0.1, 0.15) is 0 Å². The van der Waals surface area contributed by atoms with Crippen LogP contribution in [-0.4, -0.2) is 0 Å². The van der Waals surface area contributed by atoms with E-state index in [0.29, 0.717) is 0 Å². The molecule has 1 aromatic heterocycles. The Morgan fingerprint density at radius 3 is 1.58 bits per heavy atom. The molecule has 9 rings (SSSR count). The molecular formula is C46H31NO. The molecule has 0 saturated heterocycles. The summed E-state index contributed by atoms with van der Waals surface area (Å²) >= 11 is 0. The van der Waals surface area contributed by atoms with Crippen LogP contribution < -0.4 is 4.90 Å². The average molecular weight is 614 g/mol. The van der Waals surface area contributed by atoms with Gasteiger partial charge in [0.25, 0.3) is 0 Å². The van der Waals surface area contributed by atoms with Gasteiger partial charge in [-0.1, -0.05) is 127 Å². The van der Waals surface area contributed by atoms with Crippen molar-refractivity contribution in [2.45, 2.75) is 0 Å². The van der Waals surface area contributed by atoms with Crippen molar-refractivity contribution in [2.24, 2.45) is 0 Å². The van der Waals surface area contributed by atoms with Crippen LogP contribution in [-0.2, 0) is 0 Å². The molecule has 226 valence electrons. The maximum atomic E-state index is 6.48. The largest absolute Gasteiger partial charge is 0.456 e. The van der Waals surface area contributed by atoms with E-state index in [1.54, 1.807) is 0 Å². The second-order valence-corrected chi connectivity index (χ2v) is 12.2. The van der Waals surface area contributed by atoms with Gasteiger partial charge in [-0.15, -0.1) is 0 Å². The summed E-state index contributed by atoms with van der Waals surface area (Å²) in [7, 11) is 0. The number of hydrogen-bond acceptors (Lipinski definition) is 2. The van der Waals surface area contributed by atoms with Gasteiger partial charge in [0.05, 0.1) is 0 Å². The van der Waals surface area contributed by atoms with Crippen LogP contribution in [0.25, 0.3) is 66.1 Å². The first-order valence-corrected chi connectivity index (χ1v) is 16.3. The topological polar surface area (TPSA) is 16.4 Å². The Morgan fingerprint density at radius 1 is 0.312 bits per heavy atom. The molecule has 9 aromatic rings. The molecule has 0 amide bonds. The minimum absolute atomic E-state index is 0.894. The van der Waals surface area contributed by atoms with Crippen LogP contribution in [0.2, 0.25) is 0 Å². The molecule has 2 nitrogen and oxygen atoms in total. The first kappa shape index (κ1) is 27.9. The summed E-state index contributed by atoms with van der Waals surface area (Å²) in [5.74, 6) is 0. The predicted molar refractivity (Wildman–Crippen MR) is 202 cm³/mol. The van der Waals surface area contributed by atoms with Gasteiger partial charge >= 0.3 is 0 Å². The molecule has 1 heterocycles. The van der Waals surface area contributed by atoms with Gasteiger partial charge in [0.1, 0.15) is 11.2 Å². The lowest BCUT2D eigenvalue weighted by Gasteiger charge is -2.27. The maximum Gasteiger partial charge on any atom is 0.136 e. The zero-order valence-corrected chi connectivity index (χ0v) is 26.3. The molecule has 0 aliphatic carbocycles. The van der Waals surface area contributed by atoms with Crippen molar-refractivity contribution in [1.82, 2.24) is 0 Å². The Labute approximate surface area is 279 Å². The molecular weight excluding hydrogens is 583 g/mol. The molecule has 0 spiro atoms. The average Bonchev–Trinajstić information content (AvgIpc) is 3.52. The highest BCUT2D eigenvalue weighted by Gasteiger charge is 2.18. The van der Waals surface area contributed by atoms with Crippen molar-refractivity contribution in [1.29, 1.82) is 0 Å². The summed E-state index contributed by atoms with van der Waals surface area (Å²) in [6, 6.07) is 66.9. The van der Waals surface area contributed by atoms with E-state index in [9.17, 15) is 0 Å². The molecule has 0 aliphatic rings. The fourth-order valence-electron chi connectivity index (χ4n) is 6.87. The summed E-state index contributed by atoms with van der Waals surface area (Å²) in [5, 5.41) is 4.68. The number of benzene rings is 8. The molecule has 0 unspecified atom stereocenters. The number of fused-ring (bicyclic) bond motifs is 4. The lowest BCUT2D eigenvalue weighted by Crippen LogP contribution is -2.10. The molecule has 0 N–H and O–H groups in total. The van der Waals surface area contributed by atoms with E-state index >= 15 is 0 Å². The van der Waals surface area contributed by atoms with Crippen molar-refractivity contribution < 1.29 is 4.42 Å². The Hall–Kier alpha value is -6.38. The van der Waals surface area contributed by atoms with E-state index in [1.807, 2.05) is 0 Å². The van der Waals surface area contributed by atoms with E-state index in [4.69, 9.17) is 4.42 Å². The van der Waals surface area contributed by atoms with Gasteiger partial charge in [-0.3, -0.25) is 0 Å². The van der Waals surface area contributed by atoms with Crippen LogP contribution in [0.3, 0.4) is 0 Å². The molecule has 0 fully saturated rings. The minimum atomic E-state index is 0.894. The van der Waals surface area contributed by atoms with Crippen molar-refractivity contribution >= 4 is 49.8 Å². The van der Waals surface area contributed by atoms with Crippen molar-refractivity contribution in [3.8, 4) is 33.4 Å². The highest BCUT2D eigenvalue weighted by Crippen LogP contribution is 2.42. The first-order valence-electron chi connectivity index (χ1n) is 16.3. The molecule has 0 radical (unpaired) electrons. The Bertz CT molecular complexity index is 2530. The zero-order chi connectivity index (χ0) is 31.9. The van der Waals surface area contributed by atoms with Crippen LogP contribution >= 0.6 is 0 Å². The van der Waals surface area contributed by atoms with E-state index in [1.165, 1.54) is 21.9 Å². The molecule has 0 saturated carbocycles. The maximum absolute atomic E-state index is 6.48. The first-order chi connectivity index (χ1) is 23.8. The normalized spacial score (nSPS) is 11.3. The standard InChI is InChI=1S/C46H31NO/c1-4-12-32(13-5-1)33-20-23-39(24-21-33)47(38-18-8-3-9-19-38)40-25-27-41(43(31-40)34-14-6-2-7-15-34)37-22-26-42-44-28-35-16-10-11-17-36(35)29-46(44)48-45(42)30-37/h1-31H. The van der Waals surface area contributed by atoms with E-state index < -0.39 is 0 Å². The highest BCUT2D eigenvalue weighted by atomic mass is 16.3. The number of furan rings is 1. The summed E-state index contributed by atoms with van der Waals surface area (Å²) < 4.78 is 6.48. The third-order valence-corrected chi connectivity index (χ3v) is 9.24. The summed E-state index contributed by atoms with van der Waals surface area (Å²) in [4.78, 5) is 2.33. The smallest absolute Gasteiger partial charge is 0.136 e. The zero-order valence-electron chi connectivity index (χ0n) is 26.3. The monoisotopic (exact) mass is 613 g/mol. The van der Waals surface area contributed by atoms with E-state index in [2.05, 4.69) is 193 Å². The third-order valence-electron chi connectivity index (χ3n) is 9.24. The summed E-state index contributed by atoms with van der Waals surface area (Å²) in [6.45, 7) is 0. The summed E-state index contributed by atoms with van der Waals surface area (Å²) in [6.07, 6.45) is 0. The lowest BCUT2D eigenvalue weighted by molar-refractivity contribution is 0.669. The number of nitrogens with zero attached hydrogens (tertiary/aromatic N) is 1. The molecule has 0 aliphatic heterocycles. The minimum Gasteiger partial charge on any atom is -0.456 e. The number of rotatable bonds is 6. The van der Waals surface area contributed by atoms with E-state index in [0.717, 1.165) is 61.3 Å². The van der Waals surface area contributed by atoms with Gasteiger partial charge < -0.3 is 9.32 Å². The number of hydrogen-bond donors (Lipinski definition) is 0. The molecule has 8 aromatic carbocycles. The second kappa shape index (κ2) is 11.8. The lowest BCUT2D eigenvalue weighted by atomic mass is 9.93. The Kier molecular flexibility index (Phi) is 6.84. The molecule has 0 atom stereocenters. The second-order valence-electron chi connectivity index (χ2n) is 12.2. The van der Waals surface area contributed by atoms with Crippen molar-refractivity contribution in [3.05, 3.63) is 188 Å². The quantitative estimate of drug-likeness (QED) is 0.185. The number of para-hydroxylation sites is 1. The van der Waals surface area contributed by atoms with E-state index in [-0.39, 0.29) is 0 Å². The SMILES string of the molecule is c1ccc(-c2ccc(N(c3ccccc3)c3ccc(-c4ccc5c(c4)oc4cc6ccccc6cc45)c(-c4ccccc4)c3)cc2)cc1. The Balaban J connectivity index is 1.18. The van der Waals surface area contributed by atoms with Gasteiger partial charge in [-0.05, 0) is 105 Å². The van der Waals surface area contributed by atoms with Gasteiger partial charge in [-0.2, -0.15) is 0 Å². The van der Waals surface area contributed by atoms with Gasteiger partial charge in [0.2, 0.25) is 0 Å². The van der Waals surface area contributed by atoms with Crippen LogP contribution in [0, 0.1) is 0 Å². The summed E-state index contributed by atoms with van der Waals surface area (Å²) in [5.41, 5.74) is 12.1. The van der Waals surface area contributed by atoms with Gasteiger partial charge in [0.15, 0.2) is 0 Å². The van der Waals surface area contributed by atoms with Crippen molar-refractivity contribution in [2.75, 3.05) is 4.90 Å². The molecule has 0 bridgehead atoms. The predicted octanol–water partition coefficient (Wildman–Crippen LogP) is 13.2. The highest BCUT2D eigenvalue weighted by molar-refractivity contribution is 6.11. The van der Waals surface area contributed by atoms with Crippen LogP contribution in [0.4, 0.5) is 17.1 Å². The fraction of sp³-hybridized carbons (Fsp3) is 0. The fourth-order valence-corrected chi connectivity index (χ4v) is 6.87. The third kappa shape index (κ3) is 5.01. The number of anilines is 3. The van der Waals surface area contributed by atoms with Crippen molar-refractivity contribution in [3.63, 3.8) is 0 Å². The molecule has 48 heavy (non-hydrogen) atoms. The molecule has 2 heteroatoms. The Morgan fingerprint density at radius 2 is 0.854 bits per heavy atom. The van der Waals surface area contributed by atoms with Gasteiger partial charge in [0, 0.05) is 27.8 Å². The van der Waals surface area contributed by atoms with Crippen LogP contribution in [0.15, 0.2) is 192 Å². The van der Waals surface area contributed by atoms with Gasteiger partial charge in [-0.25, -0.2) is 0 Å².